The van der Waals surface area contributed by atoms with Crippen LogP contribution >= 0.6 is 0 Å². The van der Waals surface area contributed by atoms with E-state index in [0.29, 0.717) is 11.4 Å². The zero-order valence-electron chi connectivity index (χ0n) is 15.9. The van der Waals surface area contributed by atoms with Gasteiger partial charge in [0.05, 0.1) is 12.5 Å². The summed E-state index contributed by atoms with van der Waals surface area (Å²) in [7, 11) is 1.79. The molecule has 29 heavy (non-hydrogen) atoms. The van der Waals surface area contributed by atoms with Crippen LogP contribution in [-0.4, -0.2) is 21.5 Å². The van der Waals surface area contributed by atoms with Gasteiger partial charge in [0.1, 0.15) is 17.7 Å². The van der Waals surface area contributed by atoms with Crippen molar-refractivity contribution in [3.63, 3.8) is 0 Å². The third-order valence-corrected chi connectivity index (χ3v) is 4.51. The Labute approximate surface area is 167 Å². The van der Waals surface area contributed by atoms with Gasteiger partial charge in [-0.05, 0) is 23.3 Å². The molecule has 0 aliphatic heterocycles. The van der Waals surface area contributed by atoms with Crippen LogP contribution in [0.3, 0.4) is 0 Å². The third kappa shape index (κ3) is 5.19. The van der Waals surface area contributed by atoms with Gasteiger partial charge in [-0.1, -0.05) is 42.5 Å². The van der Waals surface area contributed by atoms with Crippen molar-refractivity contribution in [1.29, 1.82) is 0 Å². The number of nitrogens with two attached hydrogens (primary N) is 1. The van der Waals surface area contributed by atoms with Crippen LogP contribution in [0.2, 0.25) is 0 Å². The molecule has 7 nitrogen and oxygen atoms in total. The number of carbonyl (C=O) groups is 2. The molecule has 0 bridgehead atoms. The lowest BCUT2D eigenvalue weighted by atomic mass is 10.0. The predicted molar refractivity (Wildman–Crippen MR) is 106 cm³/mol. The van der Waals surface area contributed by atoms with Gasteiger partial charge in [0.25, 0.3) is 0 Å². The maximum atomic E-state index is 13.8. The topological polar surface area (TPSA) is 102 Å². The zero-order valence-corrected chi connectivity index (χ0v) is 15.9. The molecule has 0 spiro atoms. The second-order valence-corrected chi connectivity index (χ2v) is 6.63. The summed E-state index contributed by atoms with van der Waals surface area (Å²) in [6, 6.07) is 13.1. The highest BCUT2D eigenvalue weighted by Crippen LogP contribution is 2.23. The average Bonchev–Trinajstić information content (AvgIpc) is 3.11. The molecular weight excluding hydrogens is 373 g/mol. The minimum Gasteiger partial charge on any atom is -0.352 e. The number of aromatic nitrogens is 2. The second-order valence-electron chi connectivity index (χ2n) is 6.63. The van der Waals surface area contributed by atoms with Gasteiger partial charge in [-0.25, -0.2) is 14.2 Å². The summed E-state index contributed by atoms with van der Waals surface area (Å²) in [5.74, 6) is -0.193. The quantitative estimate of drug-likeness (QED) is 0.573. The zero-order chi connectivity index (χ0) is 20.8. The molecular formula is C21H22FN5O2. The molecule has 0 radical (unpaired) electrons. The maximum absolute atomic E-state index is 13.8. The van der Waals surface area contributed by atoms with Crippen LogP contribution in [0.1, 0.15) is 35.5 Å². The number of amides is 3. The van der Waals surface area contributed by atoms with Crippen molar-refractivity contribution in [2.24, 2.45) is 12.8 Å². The van der Waals surface area contributed by atoms with E-state index in [9.17, 15) is 14.0 Å². The summed E-state index contributed by atoms with van der Waals surface area (Å²) in [5.41, 5.74) is 6.59. The number of nitrogens with zero attached hydrogens (tertiary/aromatic N) is 2. The van der Waals surface area contributed by atoms with Crippen molar-refractivity contribution in [3.8, 4) is 0 Å². The average molecular weight is 395 g/mol. The first-order valence-electron chi connectivity index (χ1n) is 9.07. The lowest BCUT2D eigenvalue weighted by Gasteiger charge is -2.22. The molecule has 0 fully saturated rings. The van der Waals surface area contributed by atoms with Gasteiger partial charge in [-0.2, -0.15) is 0 Å². The van der Waals surface area contributed by atoms with E-state index < -0.39 is 23.9 Å². The van der Waals surface area contributed by atoms with Crippen molar-refractivity contribution in [1.82, 2.24) is 20.2 Å². The first-order valence-corrected chi connectivity index (χ1v) is 9.07. The number of nitrogens with one attached hydrogen (secondary N) is 2. The van der Waals surface area contributed by atoms with E-state index in [2.05, 4.69) is 15.6 Å². The van der Waals surface area contributed by atoms with Crippen molar-refractivity contribution >= 4 is 11.9 Å². The van der Waals surface area contributed by atoms with E-state index >= 15 is 0 Å². The Morgan fingerprint density at radius 2 is 1.83 bits per heavy atom. The highest BCUT2D eigenvalue weighted by Gasteiger charge is 2.24. The van der Waals surface area contributed by atoms with Crippen LogP contribution in [0, 0.1) is 5.82 Å². The van der Waals surface area contributed by atoms with E-state index in [1.54, 1.807) is 48.3 Å². The predicted octanol–water partition coefficient (Wildman–Crippen LogP) is 2.56. The van der Waals surface area contributed by atoms with Crippen molar-refractivity contribution in [3.05, 3.63) is 89.8 Å². The number of aryl methyl sites for hydroxylation is 1. The highest BCUT2D eigenvalue weighted by molar-refractivity contribution is 5.79. The minimum absolute atomic E-state index is 0.0385. The van der Waals surface area contributed by atoms with Gasteiger partial charge in [-0.3, -0.25) is 4.79 Å². The molecule has 0 saturated carbocycles. The number of primary amides is 1. The maximum Gasteiger partial charge on any atom is 0.312 e. The SMILES string of the molecule is Cn1ccnc1[C@H](NC(=O)C[C@H](NC(N)=O)c1ccccc1)c1cccc(F)c1. The van der Waals surface area contributed by atoms with Crippen LogP contribution in [0.4, 0.5) is 9.18 Å². The smallest absolute Gasteiger partial charge is 0.312 e. The molecule has 3 amide bonds. The lowest BCUT2D eigenvalue weighted by Crippen LogP contribution is -2.38. The molecule has 2 atom stereocenters. The van der Waals surface area contributed by atoms with Crippen molar-refractivity contribution in [2.75, 3.05) is 0 Å². The number of halogens is 1. The number of benzene rings is 2. The first kappa shape index (κ1) is 20.1. The number of hydrogen-bond acceptors (Lipinski definition) is 3. The fourth-order valence-electron chi connectivity index (χ4n) is 3.15. The summed E-state index contributed by atoms with van der Waals surface area (Å²) in [5, 5.41) is 5.49. The number of urea groups is 1. The van der Waals surface area contributed by atoms with E-state index in [0.717, 1.165) is 5.56 Å². The van der Waals surface area contributed by atoms with Crippen LogP contribution in [-0.2, 0) is 11.8 Å². The fraction of sp³-hybridized carbons (Fsp3) is 0.190. The van der Waals surface area contributed by atoms with E-state index in [4.69, 9.17) is 5.73 Å². The Morgan fingerprint density at radius 3 is 2.45 bits per heavy atom. The number of rotatable bonds is 7. The van der Waals surface area contributed by atoms with Gasteiger partial charge in [0, 0.05) is 19.4 Å². The Balaban J connectivity index is 1.84. The number of hydrogen-bond donors (Lipinski definition) is 3. The molecule has 1 aromatic heterocycles. The van der Waals surface area contributed by atoms with Crippen LogP contribution in [0.5, 0.6) is 0 Å². The second kappa shape index (κ2) is 9.01. The Bertz CT molecular complexity index is 990. The number of carbonyl (C=O) groups excluding carboxylic acids is 2. The molecule has 0 aliphatic rings. The molecule has 8 heteroatoms. The van der Waals surface area contributed by atoms with Gasteiger partial charge in [0.15, 0.2) is 0 Å². The summed E-state index contributed by atoms with van der Waals surface area (Å²) >= 11 is 0. The lowest BCUT2D eigenvalue weighted by molar-refractivity contribution is -0.122. The van der Waals surface area contributed by atoms with Gasteiger partial charge in [-0.15, -0.1) is 0 Å². The largest absolute Gasteiger partial charge is 0.352 e. The Kier molecular flexibility index (Phi) is 6.23. The van der Waals surface area contributed by atoms with Crippen LogP contribution in [0.15, 0.2) is 67.0 Å². The summed E-state index contributed by atoms with van der Waals surface area (Å²) in [4.78, 5) is 28.5. The van der Waals surface area contributed by atoms with E-state index in [-0.39, 0.29) is 12.3 Å². The molecule has 150 valence electrons. The summed E-state index contributed by atoms with van der Waals surface area (Å²) in [6.07, 6.45) is 3.31. The van der Waals surface area contributed by atoms with Crippen molar-refractivity contribution < 1.29 is 14.0 Å². The van der Waals surface area contributed by atoms with Gasteiger partial charge in [0.2, 0.25) is 5.91 Å². The Hall–Kier alpha value is -3.68. The minimum atomic E-state index is -0.725. The molecule has 2 aromatic carbocycles. The molecule has 0 aliphatic carbocycles. The number of imidazole rings is 1. The molecule has 1 heterocycles. The molecule has 0 saturated heterocycles. The first-order chi connectivity index (χ1) is 13.9. The van der Waals surface area contributed by atoms with E-state index in [1.807, 2.05) is 18.2 Å². The summed E-state index contributed by atoms with van der Waals surface area (Å²) in [6.45, 7) is 0. The van der Waals surface area contributed by atoms with Gasteiger partial charge < -0.3 is 20.9 Å². The van der Waals surface area contributed by atoms with Crippen LogP contribution < -0.4 is 16.4 Å². The van der Waals surface area contributed by atoms with Crippen LogP contribution in [0.25, 0.3) is 0 Å². The standard InChI is InChI=1S/C21H22FN5O2/c1-27-11-10-24-20(27)19(15-8-5-9-16(22)12-15)26-18(28)13-17(25-21(23)29)14-6-3-2-4-7-14/h2-12,17,19H,13H2,1H3,(H,26,28)(H3,23,25,29)/t17-,19+/m0/s1. The fourth-order valence-corrected chi connectivity index (χ4v) is 3.15. The molecule has 0 unspecified atom stereocenters. The normalized spacial score (nSPS) is 12.8. The van der Waals surface area contributed by atoms with Gasteiger partial charge >= 0.3 is 6.03 Å². The molecule has 4 N–H and O–H groups in total. The summed E-state index contributed by atoms with van der Waals surface area (Å²) < 4.78 is 15.5. The highest BCUT2D eigenvalue weighted by atomic mass is 19.1. The third-order valence-electron chi connectivity index (χ3n) is 4.51. The monoisotopic (exact) mass is 395 g/mol. The van der Waals surface area contributed by atoms with Crippen molar-refractivity contribution in [2.45, 2.75) is 18.5 Å². The Morgan fingerprint density at radius 1 is 1.10 bits per heavy atom. The molecule has 3 aromatic rings. The van der Waals surface area contributed by atoms with E-state index in [1.165, 1.54) is 12.1 Å². The molecule has 3 rings (SSSR count).